The fourth-order valence-corrected chi connectivity index (χ4v) is 1.37. The molecule has 1 rings (SSSR count). The van der Waals surface area contributed by atoms with Gasteiger partial charge in [-0.05, 0) is 19.3 Å². The maximum atomic E-state index is 5.99. The SMILES string of the molecule is CCC1C=CC=CC1(C)N. The van der Waals surface area contributed by atoms with E-state index >= 15 is 0 Å². The summed E-state index contributed by atoms with van der Waals surface area (Å²) in [6.07, 6.45) is 9.46. The first kappa shape index (κ1) is 7.55. The second kappa shape index (κ2) is 2.59. The van der Waals surface area contributed by atoms with E-state index in [0.29, 0.717) is 5.92 Å². The number of hydrogen-bond acceptors (Lipinski definition) is 1. The molecule has 0 saturated carbocycles. The molecular weight excluding hydrogens is 122 g/mol. The summed E-state index contributed by atoms with van der Waals surface area (Å²) < 4.78 is 0. The van der Waals surface area contributed by atoms with Gasteiger partial charge in [-0.1, -0.05) is 31.2 Å². The van der Waals surface area contributed by atoms with Gasteiger partial charge in [-0.3, -0.25) is 0 Å². The van der Waals surface area contributed by atoms with Gasteiger partial charge in [0.2, 0.25) is 0 Å². The molecule has 56 valence electrons. The molecule has 0 bridgehead atoms. The number of allylic oxidation sites excluding steroid dienone is 2. The van der Waals surface area contributed by atoms with Crippen LogP contribution in [0.5, 0.6) is 0 Å². The molecule has 2 unspecified atom stereocenters. The van der Waals surface area contributed by atoms with E-state index in [4.69, 9.17) is 5.73 Å². The van der Waals surface area contributed by atoms with Gasteiger partial charge in [-0.25, -0.2) is 0 Å². The van der Waals surface area contributed by atoms with Crippen molar-refractivity contribution in [3.8, 4) is 0 Å². The van der Waals surface area contributed by atoms with Crippen molar-refractivity contribution in [2.24, 2.45) is 11.7 Å². The average Bonchev–Trinajstić information content (AvgIpc) is 1.87. The molecule has 0 amide bonds. The molecule has 1 heteroatoms. The third-order valence-electron chi connectivity index (χ3n) is 2.15. The van der Waals surface area contributed by atoms with Crippen LogP contribution in [0.25, 0.3) is 0 Å². The zero-order valence-corrected chi connectivity index (χ0v) is 6.67. The Labute approximate surface area is 62.6 Å². The van der Waals surface area contributed by atoms with Gasteiger partial charge in [-0.2, -0.15) is 0 Å². The lowest BCUT2D eigenvalue weighted by Gasteiger charge is -2.30. The van der Waals surface area contributed by atoms with Crippen molar-refractivity contribution in [1.82, 2.24) is 0 Å². The average molecular weight is 137 g/mol. The van der Waals surface area contributed by atoms with Gasteiger partial charge in [0.25, 0.3) is 0 Å². The summed E-state index contributed by atoms with van der Waals surface area (Å²) >= 11 is 0. The van der Waals surface area contributed by atoms with Crippen LogP contribution >= 0.6 is 0 Å². The van der Waals surface area contributed by atoms with E-state index in [1.165, 1.54) is 0 Å². The van der Waals surface area contributed by atoms with E-state index in [-0.39, 0.29) is 5.54 Å². The highest BCUT2D eigenvalue weighted by atomic mass is 14.7. The van der Waals surface area contributed by atoms with E-state index < -0.39 is 0 Å². The van der Waals surface area contributed by atoms with Crippen LogP contribution in [0.15, 0.2) is 24.3 Å². The van der Waals surface area contributed by atoms with Gasteiger partial charge in [0.05, 0.1) is 0 Å². The fourth-order valence-electron chi connectivity index (χ4n) is 1.37. The van der Waals surface area contributed by atoms with Crippen LogP contribution in [0.1, 0.15) is 20.3 Å². The van der Waals surface area contributed by atoms with Gasteiger partial charge in [0.1, 0.15) is 0 Å². The van der Waals surface area contributed by atoms with E-state index in [2.05, 4.69) is 32.1 Å². The first-order valence-electron chi connectivity index (χ1n) is 3.81. The Morgan fingerprint density at radius 2 is 2.20 bits per heavy atom. The quantitative estimate of drug-likeness (QED) is 0.586. The lowest BCUT2D eigenvalue weighted by molar-refractivity contribution is 0.413. The van der Waals surface area contributed by atoms with Crippen LogP contribution in [0, 0.1) is 5.92 Å². The monoisotopic (exact) mass is 137 g/mol. The maximum Gasteiger partial charge on any atom is 0.0377 e. The Bertz CT molecular complexity index is 166. The highest BCUT2D eigenvalue weighted by Crippen LogP contribution is 2.23. The normalized spacial score (nSPS) is 38.5. The zero-order valence-electron chi connectivity index (χ0n) is 6.67. The summed E-state index contributed by atoms with van der Waals surface area (Å²) in [5.74, 6) is 0.512. The van der Waals surface area contributed by atoms with Gasteiger partial charge < -0.3 is 5.73 Å². The minimum Gasteiger partial charge on any atom is -0.322 e. The van der Waals surface area contributed by atoms with Crippen molar-refractivity contribution in [3.63, 3.8) is 0 Å². The molecule has 0 heterocycles. The predicted octanol–water partition coefficient (Wildman–Crippen LogP) is 1.86. The molecule has 1 aliphatic carbocycles. The van der Waals surface area contributed by atoms with Gasteiger partial charge in [0, 0.05) is 5.54 Å². The molecule has 1 nitrogen and oxygen atoms in total. The minimum atomic E-state index is -0.122. The third-order valence-corrected chi connectivity index (χ3v) is 2.15. The predicted molar refractivity (Wildman–Crippen MR) is 44.7 cm³/mol. The Kier molecular flexibility index (Phi) is 1.95. The van der Waals surface area contributed by atoms with Crippen molar-refractivity contribution in [1.29, 1.82) is 0 Å². The minimum absolute atomic E-state index is 0.122. The van der Waals surface area contributed by atoms with Crippen LogP contribution in [0.3, 0.4) is 0 Å². The van der Waals surface area contributed by atoms with Crippen molar-refractivity contribution in [2.45, 2.75) is 25.8 Å². The Hall–Kier alpha value is -0.560. The van der Waals surface area contributed by atoms with Crippen LogP contribution in [-0.2, 0) is 0 Å². The molecule has 2 N–H and O–H groups in total. The molecular formula is C9H15N. The van der Waals surface area contributed by atoms with Crippen molar-refractivity contribution < 1.29 is 0 Å². The second-order valence-corrected chi connectivity index (χ2v) is 3.12. The largest absolute Gasteiger partial charge is 0.322 e. The second-order valence-electron chi connectivity index (χ2n) is 3.12. The van der Waals surface area contributed by atoms with Crippen LogP contribution < -0.4 is 5.73 Å². The molecule has 0 saturated heterocycles. The molecule has 0 aromatic heterocycles. The number of nitrogens with two attached hydrogens (primary N) is 1. The van der Waals surface area contributed by atoms with E-state index in [9.17, 15) is 0 Å². The topological polar surface area (TPSA) is 26.0 Å². The first-order valence-corrected chi connectivity index (χ1v) is 3.81. The fraction of sp³-hybridized carbons (Fsp3) is 0.556. The summed E-state index contributed by atoms with van der Waals surface area (Å²) in [4.78, 5) is 0. The van der Waals surface area contributed by atoms with Crippen LogP contribution in [-0.4, -0.2) is 5.54 Å². The number of rotatable bonds is 1. The summed E-state index contributed by atoms with van der Waals surface area (Å²) in [6.45, 7) is 4.24. The Balaban J connectivity index is 2.74. The summed E-state index contributed by atoms with van der Waals surface area (Å²) in [6, 6.07) is 0. The number of hydrogen-bond donors (Lipinski definition) is 1. The highest BCUT2D eigenvalue weighted by molar-refractivity contribution is 5.21. The highest BCUT2D eigenvalue weighted by Gasteiger charge is 2.24. The molecule has 10 heavy (non-hydrogen) atoms. The van der Waals surface area contributed by atoms with E-state index in [1.54, 1.807) is 0 Å². The smallest absolute Gasteiger partial charge is 0.0377 e. The molecule has 0 radical (unpaired) electrons. The zero-order chi connectivity index (χ0) is 7.61. The molecule has 0 fully saturated rings. The lowest BCUT2D eigenvalue weighted by atomic mass is 9.81. The summed E-state index contributed by atoms with van der Waals surface area (Å²) in [7, 11) is 0. The maximum absolute atomic E-state index is 5.99. The molecule has 0 aromatic rings. The van der Waals surface area contributed by atoms with Gasteiger partial charge >= 0.3 is 0 Å². The van der Waals surface area contributed by atoms with Crippen LogP contribution in [0.4, 0.5) is 0 Å². The molecule has 0 aromatic carbocycles. The molecule has 1 aliphatic rings. The molecule has 0 spiro atoms. The Morgan fingerprint density at radius 3 is 2.60 bits per heavy atom. The van der Waals surface area contributed by atoms with E-state index in [0.717, 1.165) is 6.42 Å². The third kappa shape index (κ3) is 1.29. The van der Waals surface area contributed by atoms with Crippen molar-refractivity contribution in [2.75, 3.05) is 0 Å². The summed E-state index contributed by atoms with van der Waals surface area (Å²) in [5.41, 5.74) is 5.87. The van der Waals surface area contributed by atoms with Crippen LogP contribution in [0.2, 0.25) is 0 Å². The lowest BCUT2D eigenvalue weighted by Crippen LogP contribution is -2.41. The van der Waals surface area contributed by atoms with Gasteiger partial charge in [0.15, 0.2) is 0 Å². The van der Waals surface area contributed by atoms with E-state index in [1.807, 2.05) is 6.08 Å². The van der Waals surface area contributed by atoms with Crippen molar-refractivity contribution >= 4 is 0 Å². The van der Waals surface area contributed by atoms with Crippen molar-refractivity contribution in [3.05, 3.63) is 24.3 Å². The standard InChI is InChI=1S/C9H15N/c1-3-8-6-4-5-7-9(8,2)10/h4-8H,3,10H2,1-2H3. The summed E-state index contributed by atoms with van der Waals surface area (Å²) in [5, 5.41) is 0. The molecule has 0 aliphatic heterocycles. The molecule has 2 atom stereocenters. The first-order chi connectivity index (χ1) is 4.67. The van der Waals surface area contributed by atoms with Gasteiger partial charge in [-0.15, -0.1) is 0 Å². The Morgan fingerprint density at radius 1 is 1.50 bits per heavy atom.